The lowest BCUT2D eigenvalue weighted by molar-refractivity contribution is -0.0678. The number of hydrogen-bond donors (Lipinski definition) is 2. The fourth-order valence-electron chi connectivity index (χ4n) is 2.51. The summed E-state index contributed by atoms with van der Waals surface area (Å²) in [4.78, 5) is 10.3. The highest BCUT2D eigenvalue weighted by Gasteiger charge is 2.21. The van der Waals surface area contributed by atoms with E-state index in [0.29, 0.717) is 23.2 Å². The molecular weight excluding hydrogens is 278 g/mol. The van der Waals surface area contributed by atoms with Gasteiger partial charge in [-0.1, -0.05) is 11.6 Å². The summed E-state index contributed by atoms with van der Waals surface area (Å²) >= 11 is 5.82. The van der Waals surface area contributed by atoms with Gasteiger partial charge in [0.2, 0.25) is 5.95 Å². The van der Waals surface area contributed by atoms with Crippen LogP contribution >= 0.6 is 11.6 Å². The summed E-state index contributed by atoms with van der Waals surface area (Å²) in [6.45, 7) is 8.10. The fourth-order valence-corrected chi connectivity index (χ4v) is 2.70. The average molecular weight is 300 g/mol. The first kappa shape index (κ1) is 15.3. The summed E-state index contributed by atoms with van der Waals surface area (Å²) in [6, 6.07) is 1.68. The Labute approximate surface area is 124 Å². The molecular formula is C13H22ClN5O. The van der Waals surface area contributed by atoms with Crippen LogP contribution in [-0.4, -0.2) is 53.3 Å². The van der Waals surface area contributed by atoms with E-state index in [1.54, 1.807) is 6.07 Å². The zero-order valence-electron chi connectivity index (χ0n) is 12.0. The minimum atomic E-state index is 0.191. The molecule has 1 aliphatic rings. The lowest BCUT2D eigenvalue weighted by Crippen LogP contribution is -2.45. The summed E-state index contributed by atoms with van der Waals surface area (Å²) < 4.78 is 5.72. The molecule has 3 N–H and O–H groups in total. The molecule has 0 amide bonds. The number of nitrogens with two attached hydrogens (primary N) is 1. The van der Waals surface area contributed by atoms with Gasteiger partial charge in [0, 0.05) is 32.2 Å². The lowest BCUT2D eigenvalue weighted by atomic mass is 10.2. The van der Waals surface area contributed by atoms with E-state index in [1.165, 1.54) is 0 Å². The molecule has 0 aliphatic carbocycles. The van der Waals surface area contributed by atoms with Crippen molar-refractivity contribution in [1.29, 1.82) is 0 Å². The lowest BCUT2D eigenvalue weighted by Gasteiger charge is -2.35. The zero-order chi connectivity index (χ0) is 14.5. The summed E-state index contributed by atoms with van der Waals surface area (Å²) in [6.07, 6.45) is 1.65. The maximum atomic E-state index is 5.82. The van der Waals surface area contributed by atoms with E-state index in [-0.39, 0.29) is 5.95 Å². The highest BCUT2D eigenvalue weighted by atomic mass is 35.5. The molecule has 0 radical (unpaired) electrons. The third-order valence-corrected chi connectivity index (χ3v) is 3.36. The van der Waals surface area contributed by atoms with E-state index in [0.717, 1.165) is 32.6 Å². The first-order valence-corrected chi connectivity index (χ1v) is 7.32. The molecule has 1 saturated heterocycles. The number of morpholine rings is 1. The van der Waals surface area contributed by atoms with Crippen molar-refractivity contribution >= 4 is 23.4 Å². The first-order chi connectivity index (χ1) is 9.52. The molecule has 1 aliphatic heterocycles. The number of aromatic nitrogens is 2. The van der Waals surface area contributed by atoms with Crippen molar-refractivity contribution in [3.63, 3.8) is 0 Å². The van der Waals surface area contributed by atoms with E-state index in [9.17, 15) is 0 Å². The van der Waals surface area contributed by atoms with Crippen LogP contribution in [0.4, 0.5) is 11.8 Å². The summed E-state index contributed by atoms with van der Waals surface area (Å²) in [5, 5.41) is 3.57. The molecule has 0 spiro atoms. The van der Waals surface area contributed by atoms with E-state index >= 15 is 0 Å². The van der Waals surface area contributed by atoms with Gasteiger partial charge in [0.15, 0.2) is 0 Å². The van der Waals surface area contributed by atoms with E-state index in [2.05, 4.69) is 34.0 Å². The van der Waals surface area contributed by atoms with Crippen molar-refractivity contribution in [2.45, 2.75) is 32.5 Å². The molecule has 2 rings (SSSR count). The SMILES string of the molecule is C[C@@H]1CN(CCCNc2cc(Cl)nc(N)n2)C[C@H](C)O1. The van der Waals surface area contributed by atoms with Crippen LogP contribution in [0.1, 0.15) is 20.3 Å². The van der Waals surface area contributed by atoms with Crippen LogP contribution in [0, 0.1) is 0 Å². The molecule has 0 unspecified atom stereocenters. The van der Waals surface area contributed by atoms with Crippen molar-refractivity contribution < 1.29 is 4.74 Å². The van der Waals surface area contributed by atoms with E-state index < -0.39 is 0 Å². The number of nitrogens with one attached hydrogen (secondary N) is 1. The van der Waals surface area contributed by atoms with Crippen LogP contribution < -0.4 is 11.1 Å². The van der Waals surface area contributed by atoms with Gasteiger partial charge in [-0.2, -0.15) is 4.98 Å². The Morgan fingerprint density at radius 1 is 1.40 bits per heavy atom. The summed E-state index contributed by atoms with van der Waals surface area (Å²) in [5.41, 5.74) is 5.54. The van der Waals surface area contributed by atoms with Gasteiger partial charge in [-0.3, -0.25) is 4.90 Å². The van der Waals surface area contributed by atoms with Crippen molar-refractivity contribution in [2.24, 2.45) is 0 Å². The van der Waals surface area contributed by atoms with Gasteiger partial charge in [-0.25, -0.2) is 4.98 Å². The molecule has 7 heteroatoms. The second-order valence-electron chi connectivity index (χ2n) is 5.23. The topological polar surface area (TPSA) is 76.3 Å². The number of anilines is 2. The minimum absolute atomic E-state index is 0.191. The molecule has 0 aromatic carbocycles. The van der Waals surface area contributed by atoms with Gasteiger partial charge in [-0.05, 0) is 20.3 Å². The summed E-state index contributed by atoms with van der Waals surface area (Å²) in [7, 11) is 0. The number of hydrogen-bond acceptors (Lipinski definition) is 6. The minimum Gasteiger partial charge on any atom is -0.373 e. The van der Waals surface area contributed by atoms with Crippen molar-refractivity contribution in [2.75, 3.05) is 37.2 Å². The number of ether oxygens (including phenoxy) is 1. The number of nitrogen functional groups attached to an aromatic ring is 1. The van der Waals surface area contributed by atoms with Crippen LogP contribution in [-0.2, 0) is 4.74 Å². The smallest absolute Gasteiger partial charge is 0.223 e. The highest BCUT2D eigenvalue weighted by Crippen LogP contribution is 2.13. The Hall–Kier alpha value is -1.11. The quantitative estimate of drug-likeness (QED) is 0.636. The third kappa shape index (κ3) is 4.77. The molecule has 1 aromatic heterocycles. The van der Waals surface area contributed by atoms with Gasteiger partial charge in [0.1, 0.15) is 11.0 Å². The molecule has 0 bridgehead atoms. The molecule has 20 heavy (non-hydrogen) atoms. The van der Waals surface area contributed by atoms with Gasteiger partial charge >= 0.3 is 0 Å². The molecule has 1 fully saturated rings. The second-order valence-corrected chi connectivity index (χ2v) is 5.62. The monoisotopic (exact) mass is 299 g/mol. The maximum Gasteiger partial charge on any atom is 0.223 e. The Kier molecular flexibility index (Phi) is 5.39. The second kappa shape index (κ2) is 7.06. The van der Waals surface area contributed by atoms with Gasteiger partial charge < -0.3 is 15.8 Å². The van der Waals surface area contributed by atoms with Crippen LogP contribution in [0.5, 0.6) is 0 Å². The highest BCUT2D eigenvalue weighted by molar-refractivity contribution is 6.29. The van der Waals surface area contributed by atoms with Crippen LogP contribution in [0.25, 0.3) is 0 Å². The predicted molar refractivity (Wildman–Crippen MR) is 81.0 cm³/mol. The Morgan fingerprint density at radius 2 is 2.10 bits per heavy atom. The number of halogens is 1. The zero-order valence-corrected chi connectivity index (χ0v) is 12.7. The average Bonchev–Trinajstić information content (AvgIpc) is 2.32. The molecule has 1 aromatic rings. The standard InChI is InChI=1S/C13H22ClN5O/c1-9-7-19(8-10(2)20-9)5-3-4-16-12-6-11(14)17-13(15)18-12/h6,9-10H,3-5,7-8H2,1-2H3,(H3,15,16,17,18)/t9-,10+. The predicted octanol–water partition coefficient (Wildman–Crippen LogP) is 1.62. The van der Waals surface area contributed by atoms with Crippen molar-refractivity contribution in [3.05, 3.63) is 11.2 Å². The molecule has 2 atom stereocenters. The van der Waals surface area contributed by atoms with Crippen LogP contribution in [0.3, 0.4) is 0 Å². The number of rotatable bonds is 5. The van der Waals surface area contributed by atoms with Crippen molar-refractivity contribution in [1.82, 2.24) is 14.9 Å². The summed E-state index contributed by atoms with van der Waals surface area (Å²) in [5.74, 6) is 0.863. The van der Waals surface area contributed by atoms with E-state index in [4.69, 9.17) is 22.1 Å². The molecule has 2 heterocycles. The Balaban J connectivity index is 1.71. The van der Waals surface area contributed by atoms with Crippen LogP contribution in [0.2, 0.25) is 5.15 Å². The molecule has 112 valence electrons. The molecule has 0 saturated carbocycles. The Bertz CT molecular complexity index is 415. The van der Waals surface area contributed by atoms with Gasteiger partial charge in [-0.15, -0.1) is 0 Å². The third-order valence-electron chi connectivity index (χ3n) is 3.16. The largest absolute Gasteiger partial charge is 0.373 e. The Morgan fingerprint density at radius 3 is 2.75 bits per heavy atom. The van der Waals surface area contributed by atoms with Crippen LogP contribution in [0.15, 0.2) is 6.07 Å². The first-order valence-electron chi connectivity index (χ1n) is 6.94. The van der Waals surface area contributed by atoms with Gasteiger partial charge in [0.25, 0.3) is 0 Å². The fraction of sp³-hybridized carbons (Fsp3) is 0.692. The number of nitrogens with zero attached hydrogens (tertiary/aromatic N) is 3. The molecule has 6 nitrogen and oxygen atoms in total. The van der Waals surface area contributed by atoms with Gasteiger partial charge in [0.05, 0.1) is 12.2 Å². The van der Waals surface area contributed by atoms with E-state index in [1.807, 2.05) is 0 Å². The normalized spacial score (nSPS) is 23.8. The van der Waals surface area contributed by atoms with Crippen molar-refractivity contribution in [3.8, 4) is 0 Å². The maximum absolute atomic E-state index is 5.82.